The molecule has 2 fully saturated rings. The average molecular weight is 234 g/mol. The average Bonchev–Trinajstić information content (AvgIpc) is 2.95. The van der Waals surface area contributed by atoms with Crippen molar-refractivity contribution in [2.75, 3.05) is 6.54 Å². The fourth-order valence-electron chi connectivity index (χ4n) is 3.34. The zero-order valence-corrected chi connectivity index (χ0v) is 10.3. The molecule has 1 aromatic rings. The van der Waals surface area contributed by atoms with Gasteiger partial charge in [-0.05, 0) is 56.7 Å². The van der Waals surface area contributed by atoms with E-state index >= 15 is 0 Å². The predicted molar refractivity (Wildman–Crippen MR) is 67.7 cm³/mol. The van der Waals surface area contributed by atoms with Crippen LogP contribution in [-0.2, 0) is 6.54 Å². The minimum absolute atomic E-state index is 0.823. The quantitative estimate of drug-likeness (QED) is 0.768. The molecular formula is C14H22N2O. The molecule has 1 aromatic heterocycles. The van der Waals surface area contributed by atoms with Gasteiger partial charge in [0.25, 0.3) is 0 Å². The van der Waals surface area contributed by atoms with Crippen LogP contribution in [0.4, 0.5) is 0 Å². The van der Waals surface area contributed by atoms with E-state index in [0.29, 0.717) is 0 Å². The Labute approximate surface area is 103 Å². The smallest absolute Gasteiger partial charge is 0.117 e. The van der Waals surface area contributed by atoms with Gasteiger partial charge in [0.15, 0.2) is 0 Å². The highest BCUT2D eigenvalue weighted by molar-refractivity contribution is 4.97. The van der Waals surface area contributed by atoms with Gasteiger partial charge < -0.3 is 15.1 Å². The first kappa shape index (κ1) is 11.3. The lowest BCUT2D eigenvalue weighted by atomic mass is 9.90. The Balaban J connectivity index is 1.34. The maximum Gasteiger partial charge on any atom is 0.117 e. The SMILES string of the molecule is c1coc(CNCCC2CC3CCC(C2)N3)c1. The molecule has 2 atom stereocenters. The Hall–Kier alpha value is -0.800. The molecule has 0 aromatic carbocycles. The van der Waals surface area contributed by atoms with Crippen LogP contribution in [0.5, 0.6) is 0 Å². The summed E-state index contributed by atoms with van der Waals surface area (Å²) in [5.74, 6) is 1.97. The van der Waals surface area contributed by atoms with Gasteiger partial charge in [-0.25, -0.2) is 0 Å². The molecule has 0 amide bonds. The van der Waals surface area contributed by atoms with Crippen molar-refractivity contribution in [2.24, 2.45) is 5.92 Å². The van der Waals surface area contributed by atoms with Gasteiger partial charge in [-0.15, -0.1) is 0 Å². The van der Waals surface area contributed by atoms with Crippen LogP contribution in [0.2, 0.25) is 0 Å². The van der Waals surface area contributed by atoms with Crippen molar-refractivity contribution in [2.45, 2.75) is 50.7 Å². The molecule has 0 aliphatic carbocycles. The maximum absolute atomic E-state index is 5.30. The first-order valence-corrected chi connectivity index (χ1v) is 6.89. The zero-order chi connectivity index (χ0) is 11.5. The van der Waals surface area contributed by atoms with Crippen molar-refractivity contribution in [1.29, 1.82) is 0 Å². The Morgan fingerprint density at radius 2 is 2.12 bits per heavy atom. The largest absolute Gasteiger partial charge is 0.468 e. The minimum atomic E-state index is 0.823. The lowest BCUT2D eigenvalue weighted by Crippen LogP contribution is -2.38. The summed E-state index contributed by atoms with van der Waals surface area (Å²) in [6.07, 6.45) is 8.64. The number of nitrogens with one attached hydrogen (secondary N) is 2. The van der Waals surface area contributed by atoms with Crippen molar-refractivity contribution in [3.8, 4) is 0 Å². The topological polar surface area (TPSA) is 37.2 Å². The Morgan fingerprint density at radius 1 is 1.29 bits per heavy atom. The zero-order valence-electron chi connectivity index (χ0n) is 10.3. The molecule has 3 heteroatoms. The summed E-state index contributed by atoms with van der Waals surface area (Å²) in [5, 5.41) is 7.17. The van der Waals surface area contributed by atoms with Crippen LogP contribution in [0.25, 0.3) is 0 Å². The third-order valence-corrected chi connectivity index (χ3v) is 4.18. The molecule has 0 saturated carbocycles. The molecule has 2 bridgehead atoms. The Morgan fingerprint density at radius 3 is 2.82 bits per heavy atom. The van der Waals surface area contributed by atoms with Crippen molar-refractivity contribution in [1.82, 2.24) is 10.6 Å². The van der Waals surface area contributed by atoms with Crippen LogP contribution in [0.1, 0.15) is 37.9 Å². The van der Waals surface area contributed by atoms with Gasteiger partial charge in [0.2, 0.25) is 0 Å². The number of rotatable bonds is 5. The van der Waals surface area contributed by atoms with Gasteiger partial charge in [0, 0.05) is 12.1 Å². The Bertz CT molecular complexity index is 324. The standard InChI is InChI=1S/C14H22N2O/c1-2-14(17-7-1)10-15-6-5-11-8-12-3-4-13(9-11)16-12/h1-2,7,11-13,15-16H,3-6,8-10H2. The number of hydrogen-bond donors (Lipinski definition) is 2. The second-order valence-electron chi connectivity index (χ2n) is 5.52. The molecule has 17 heavy (non-hydrogen) atoms. The van der Waals surface area contributed by atoms with Crippen molar-refractivity contribution in [3.63, 3.8) is 0 Å². The van der Waals surface area contributed by atoms with E-state index in [4.69, 9.17) is 4.42 Å². The molecule has 2 saturated heterocycles. The Kier molecular flexibility index (Phi) is 3.48. The number of fused-ring (bicyclic) bond motifs is 2. The predicted octanol–water partition coefficient (Wildman–Crippen LogP) is 2.29. The summed E-state index contributed by atoms with van der Waals surface area (Å²) in [6, 6.07) is 5.62. The molecular weight excluding hydrogens is 212 g/mol. The fourth-order valence-corrected chi connectivity index (χ4v) is 3.34. The summed E-state index contributed by atoms with van der Waals surface area (Å²) in [7, 11) is 0. The molecule has 2 aliphatic rings. The first-order chi connectivity index (χ1) is 8.40. The van der Waals surface area contributed by atoms with Gasteiger partial charge >= 0.3 is 0 Å². The number of furan rings is 1. The van der Waals surface area contributed by atoms with Gasteiger partial charge in [-0.2, -0.15) is 0 Å². The van der Waals surface area contributed by atoms with Crippen LogP contribution in [-0.4, -0.2) is 18.6 Å². The van der Waals surface area contributed by atoms with Crippen LogP contribution >= 0.6 is 0 Å². The molecule has 3 heterocycles. The number of hydrogen-bond acceptors (Lipinski definition) is 3. The van der Waals surface area contributed by atoms with Crippen molar-refractivity contribution >= 4 is 0 Å². The molecule has 2 unspecified atom stereocenters. The van der Waals surface area contributed by atoms with Gasteiger partial charge in [0.05, 0.1) is 12.8 Å². The minimum Gasteiger partial charge on any atom is -0.468 e. The normalized spacial score (nSPS) is 31.9. The number of piperidine rings is 1. The van der Waals surface area contributed by atoms with Crippen molar-refractivity contribution < 1.29 is 4.42 Å². The summed E-state index contributed by atoms with van der Waals surface area (Å²) in [4.78, 5) is 0. The third-order valence-electron chi connectivity index (χ3n) is 4.18. The molecule has 0 radical (unpaired) electrons. The second-order valence-corrected chi connectivity index (χ2v) is 5.52. The highest BCUT2D eigenvalue weighted by Crippen LogP contribution is 2.32. The molecule has 2 aliphatic heterocycles. The molecule has 94 valence electrons. The first-order valence-electron chi connectivity index (χ1n) is 6.89. The highest BCUT2D eigenvalue weighted by atomic mass is 16.3. The van der Waals surface area contributed by atoms with Crippen LogP contribution < -0.4 is 10.6 Å². The van der Waals surface area contributed by atoms with Crippen LogP contribution in [0, 0.1) is 5.92 Å². The summed E-state index contributed by atoms with van der Waals surface area (Å²) in [6.45, 7) is 1.98. The van der Waals surface area contributed by atoms with E-state index in [-0.39, 0.29) is 0 Å². The van der Waals surface area contributed by atoms with E-state index < -0.39 is 0 Å². The van der Waals surface area contributed by atoms with Gasteiger partial charge in [-0.3, -0.25) is 0 Å². The lowest BCUT2D eigenvalue weighted by molar-refractivity contribution is 0.282. The summed E-state index contributed by atoms with van der Waals surface area (Å²) >= 11 is 0. The van der Waals surface area contributed by atoms with Gasteiger partial charge in [-0.1, -0.05) is 0 Å². The van der Waals surface area contributed by atoms with E-state index in [0.717, 1.165) is 36.9 Å². The van der Waals surface area contributed by atoms with E-state index in [1.54, 1.807) is 6.26 Å². The molecule has 3 rings (SSSR count). The van der Waals surface area contributed by atoms with Gasteiger partial charge in [0.1, 0.15) is 5.76 Å². The molecule has 0 spiro atoms. The van der Waals surface area contributed by atoms with Crippen LogP contribution in [0.15, 0.2) is 22.8 Å². The van der Waals surface area contributed by atoms with Crippen LogP contribution in [0.3, 0.4) is 0 Å². The highest BCUT2D eigenvalue weighted by Gasteiger charge is 2.32. The second kappa shape index (κ2) is 5.23. The summed E-state index contributed by atoms with van der Waals surface area (Å²) < 4.78 is 5.30. The van der Waals surface area contributed by atoms with E-state index in [2.05, 4.69) is 10.6 Å². The summed E-state index contributed by atoms with van der Waals surface area (Å²) in [5.41, 5.74) is 0. The third kappa shape index (κ3) is 2.90. The molecule has 2 N–H and O–H groups in total. The van der Waals surface area contributed by atoms with Crippen molar-refractivity contribution in [3.05, 3.63) is 24.2 Å². The lowest BCUT2D eigenvalue weighted by Gasteiger charge is -2.29. The monoisotopic (exact) mass is 234 g/mol. The van der Waals surface area contributed by atoms with E-state index in [9.17, 15) is 0 Å². The van der Waals surface area contributed by atoms with E-state index in [1.807, 2.05) is 12.1 Å². The maximum atomic E-state index is 5.30. The fraction of sp³-hybridized carbons (Fsp3) is 0.714. The van der Waals surface area contributed by atoms with E-state index in [1.165, 1.54) is 32.1 Å². The molecule has 3 nitrogen and oxygen atoms in total.